The lowest BCUT2D eigenvalue weighted by Gasteiger charge is -2.27. The van der Waals surface area contributed by atoms with Crippen molar-refractivity contribution in [2.45, 2.75) is 25.7 Å². The molecule has 28 heavy (non-hydrogen) atoms. The molecule has 0 radical (unpaired) electrons. The van der Waals surface area contributed by atoms with Crippen molar-refractivity contribution in [3.05, 3.63) is 91.0 Å². The quantitative estimate of drug-likeness (QED) is 0.392. The van der Waals surface area contributed by atoms with Crippen LogP contribution in [0.5, 0.6) is 0 Å². The molecule has 3 rings (SSSR count). The molecule has 0 fully saturated rings. The Kier molecular flexibility index (Phi) is 8.89. The standard InChI is InChI=1S/C24H25O2P.BrH/c25-24(26)19-11-4-12-20-27(21-13-5-1-6-14-21,22-15-7-2-8-16-22)23-17-9-3-10-18-23;/h1-3,5-10,13-18H,4,11-12,19-20H2;1H. The summed E-state index contributed by atoms with van der Waals surface area (Å²) in [5.41, 5.74) is 0. The Bertz CT molecular complexity index is 742. The van der Waals surface area contributed by atoms with Crippen LogP contribution in [0.15, 0.2) is 91.0 Å². The van der Waals surface area contributed by atoms with E-state index in [1.165, 1.54) is 15.9 Å². The van der Waals surface area contributed by atoms with Crippen molar-refractivity contribution < 1.29 is 26.9 Å². The van der Waals surface area contributed by atoms with E-state index in [1.54, 1.807) is 0 Å². The lowest BCUT2D eigenvalue weighted by Crippen LogP contribution is -3.00. The molecule has 3 aromatic carbocycles. The maximum absolute atomic E-state index is 10.8. The van der Waals surface area contributed by atoms with Gasteiger partial charge in [0, 0.05) is 6.42 Å². The summed E-state index contributed by atoms with van der Waals surface area (Å²) in [6.45, 7) is 0. The third kappa shape index (κ3) is 5.31. The average Bonchev–Trinajstić information content (AvgIpc) is 2.73. The van der Waals surface area contributed by atoms with E-state index in [0.717, 1.165) is 25.4 Å². The van der Waals surface area contributed by atoms with Crippen LogP contribution in [0, 0.1) is 0 Å². The van der Waals surface area contributed by atoms with Crippen molar-refractivity contribution in [2.75, 3.05) is 6.16 Å². The zero-order valence-corrected chi connectivity index (χ0v) is 18.4. The molecule has 0 atom stereocenters. The normalized spacial score (nSPS) is 10.9. The highest BCUT2D eigenvalue weighted by Gasteiger charge is 2.44. The zero-order chi connectivity index (χ0) is 19.0. The van der Waals surface area contributed by atoms with E-state index in [-0.39, 0.29) is 23.4 Å². The molecule has 0 aromatic heterocycles. The Hall–Kier alpha value is -1.96. The minimum Gasteiger partial charge on any atom is -1.00 e. The van der Waals surface area contributed by atoms with Gasteiger partial charge in [-0.1, -0.05) is 54.6 Å². The maximum Gasteiger partial charge on any atom is 0.303 e. The molecule has 0 unspecified atom stereocenters. The fourth-order valence-corrected chi connectivity index (χ4v) is 8.09. The number of unbranched alkanes of at least 4 members (excludes halogenated alkanes) is 2. The molecule has 0 aliphatic rings. The van der Waals surface area contributed by atoms with Gasteiger partial charge in [-0.3, -0.25) is 4.79 Å². The van der Waals surface area contributed by atoms with Crippen LogP contribution in [-0.4, -0.2) is 17.2 Å². The number of benzene rings is 3. The Morgan fingerprint density at radius 2 is 1.04 bits per heavy atom. The van der Waals surface area contributed by atoms with Crippen LogP contribution in [0.1, 0.15) is 25.7 Å². The van der Waals surface area contributed by atoms with Gasteiger partial charge in [0.05, 0.1) is 6.16 Å². The molecule has 0 aliphatic carbocycles. The Labute approximate surface area is 178 Å². The monoisotopic (exact) mass is 456 g/mol. The summed E-state index contributed by atoms with van der Waals surface area (Å²) in [6.07, 6.45) is 4.03. The number of carbonyl (C=O) groups is 1. The Morgan fingerprint density at radius 1 is 0.643 bits per heavy atom. The minimum absolute atomic E-state index is 0. The van der Waals surface area contributed by atoms with Gasteiger partial charge in [-0.15, -0.1) is 0 Å². The van der Waals surface area contributed by atoms with Crippen LogP contribution in [0.3, 0.4) is 0 Å². The molecule has 0 spiro atoms. The van der Waals surface area contributed by atoms with Gasteiger partial charge >= 0.3 is 5.97 Å². The van der Waals surface area contributed by atoms with Gasteiger partial charge in [-0.25, -0.2) is 0 Å². The van der Waals surface area contributed by atoms with Crippen LogP contribution in [0.25, 0.3) is 0 Å². The second-order valence-corrected chi connectivity index (χ2v) is 10.4. The molecule has 4 heteroatoms. The van der Waals surface area contributed by atoms with Crippen LogP contribution in [-0.2, 0) is 4.79 Å². The second-order valence-electron chi connectivity index (χ2n) is 6.74. The predicted molar refractivity (Wildman–Crippen MR) is 116 cm³/mol. The molecular formula is C24H26BrO2P. The molecule has 146 valence electrons. The lowest BCUT2D eigenvalue weighted by atomic mass is 10.2. The fourth-order valence-electron chi connectivity index (χ4n) is 3.68. The summed E-state index contributed by atoms with van der Waals surface area (Å²) in [4.78, 5) is 10.8. The highest BCUT2D eigenvalue weighted by atomic mass is 79.9. The van der Waals surface area contributed by atoms with Crippen molar-refractivity contribution in [3.8, 4) is 0 Å². The second kappa shape index (κ2) is 11.1. The number of hydrogen-bond acceptors (Lipinski definition) is 1. The molecule has 0 heterocycles. The van der Waals surface area contributed by atoms with E-state index >= 15 is 0 Å². The summed E-state index contributed by atoms with van der Waals surface area (Å²) >= 11 is 0. The first-order valence-corrected chi connectivity index (χ1v) is 11.5. The lowest BCUT2D eigenvalue weighted by molar-refractivity contribution is -0.137. The van der Waals surface area contributed by atoms with Crippen molar-refractivity contribution in [1.29, 1.82) is 0 Å². The van der Waals surface area contributed by atoms with Crippen molar-refractivity contribution in [2.24, 2.45) is 0 Å². The van der Waals surface area contributed by atoms with Gasteiger partial charge in [-0.2, -0.15) is 0 Å². The molecule has 2 nitrogen and oxygen atoms in total. The van der Waals surface area contributed by atoms with E-state index in [4.69, 9.17) is 5.11 Å². The summed E-state index contributed by atoms with van der Waals surface area (Å²) < 4.78 is 0. The predicted octanol–water partition coefficient (Wildman–Crippen LogP) is 1.63. The smallest absolute Gasteiger partial charge is 0.303 e. The highest BCUT2D eigenvalue weighted by molar-refractivity contribution is 7.95. The maximum atomic E-state index is 10.8. The number of aliphatic carboxylic acids is 1. The first-order chi connectivity index (χ1) is 13.2. The summed E-state index contributed by atoms with van der Waals surface area (Å²) in [5.74, 6) is -0.703. The van der Waals surface area contributed by atoms with E-state index in [9.17, 15) is 4.79 Å². The van der Waals surface area contributed by atoms with Gasteiger partial charge in [0.1, 0.15) is 23.2 Å². The number of carboxylic acid groups (broad SMARTS) is 1. The molecule has 0 saturated heterocycles. The molecule has 1 N–H and O–H groups in total. The van der Waals surface area contributed by atoms with Crippen LogP contribution in [0.2, 0.25) is 0 Å². The van der Waals surface area contributed by atoms with Gasteiger partial charge in [0.15, 0.2) is 0 Å². The van der Waals surface area contributed by atoms with Crippen LogP contribution in [0.4, 0.5) is 0 Å². The van der Waals surface area contributed by atoms with E-state index in [2.05, 4.69) is 91.0 Å². The molecular weight excluding hydrogens is 431 g/mol. The average molecular weight is 457 g/mol. The largest absolute Gasteiger partial charge is 1.00 e. The summed E-state index contributed by atoms with van der Waals surface area (Å²) in [6, 6.07) is 32.5. The number of rotatable bonds is 9. The summed E-state index contributed by atoms with van der Waals surface area (Å²) in [5, 5.41) is 13.1. The molecule has 0 saturated carbocycles. The van der Waals surface area contributed by atoms with E-state index in [1.807, 2.05) is 0 Å². The Morgan fingerprint density at radius 3 is 1.39 bits per heavy atom. The zero-order valence-electron chi connectivity index (χ0n) is 15.9. The Balaban J connectivity index is 0.00000280. The fraction of sp³-hybridized carbons (Fsp3) is 0.208. The summed E-state index contributed by atoms with van der Waals surface area (Å²) in [7, 11) is -1.76. The van der Waals surface area contributed by atoms with Gasteiger partial charge in [0.2, 0.25) is 0 Å². The van der Waals surface area contributed by atoms with E-state index in [0.29, 0.717) is 0 Å². The molecule has 0 bridgehead atoms. The first-order valence-electron chi connectivity index (χ1n) is 9.50. The van der Waals surface area contributed by atoms with Crippen molar-refractivity contribution in [3.63, 3.8) is 0 Å². The van der Waals surface area contributed by atoms with Gasteiger partial charge < -0.3 is 22.1 Å². The number of halogens is 1. The van der Waals surface area contributed by atoms with Gasteiger partial charge in [-0.05, 0) is 55.7 Å². The minimum atomic E-state index is -1.76. The number of carboxylic acids is 1. The van der Waals surface area contributed by atoms with Crippen molar-refractivity contribution >= 4 is 29.1 Å². The third-order valence-electron chi connectivity index (χ3n) is 4.98. The molecule has 0 aliphatic heterocycles. The van der Waals surface area contributed by atoms with E-state index < -0.39 is 13.2 Å². The highest BCUT2D eigenvalue weighted by Crippen LogP contribution is 2.55. The topological polar surface area (TPSA) is 37.3 Å². The third-order valence-corrected chi connectivity index (χ3v) is 9.50. The number of hydrogen-bond donors (Lipinski definition) is 1. The van der Waals surface area contributed by atoms with Crippen LogP contribution < -0.4 is 32.9 Å². The first kappa shape index (κ1) is 22.3. The van der Waals surface area contributed by atoms with Crippen LogP contribution >= 0.6 is 7.26 Å². The molecule has 3 aromatic rings. The van der Waals surface area contributed by atoms with Gasteiger partial charge in [0.25, 0.3) is 0 Å². The van der Waals surface area contributed by atoms with Crippen molar-refractivity contribution in [1.82, 2.24) is 0 Å². The molecule has 0 amide bonds. The SMILES string of the molecule is O=C(O)CCCCC[P+](c1ccccc1)(c1ccccc1)c1ccccc1.[Br-].